The number of anilines is 1. The highest BCUT2D eigenvalue weighted by atomic mass is 16.3. The molecule has 23 heavy (non-hydrogen) atoms. The van der Waals surface area contributed by atoms with Crippen molar-refractivity contribution in [3.05, 3.63) is 29.3 Å². The normalized spacial score (nSPS) is 16.2. The molecule has 2 rings (SSSR count). The lowest BCUT2D eigenvalue weighted by Crippen LogP contribution is -2.41. The van der Waals surface area contributed by atoms with Crippen LogP contribution in [-0.4, -0.2) is 35.7 Å². The second kappa shape index (κ2) is 7.82. The molecule has 0 unspecified atom stereocenters. The maximum atomic E-state index is 12.7. The number of piperidine rings is 1. The van der Waals surface area contributed by atoms with E-state index >= 15 is 0 Å². The lowest BCUT2D eigenvalue weighted by molar-refractivity contribution is 0.143. The van der Waals surface area contributed by atoms with Gasteiger partial charge in [0, 0.05) is 25.4 Å². The third kappa shape index (κ3) is 4.25. The second-order valence-electron chi connectivity index (χ2n) is 7.16. The number of benzene rings is 1. The molecule has 4 heteroatoms. The maximum absolute atomic E-state index is 12.7. The zero-order valence-electron chi connectivity index (χ0n) is 14.8. The zero-order chi connectivity index (χ0) is 17.0. The maximum Gasteiger partial charge on any atom is 0.321 e. The number of nitrogens with one attached hydrogen (secondary N) is 1. The van der Waals surface area contributed by atoms with E-state index in [2.05, 4.69) is 51.2 Å². The smallest absolute Gasteiger partial charge is 0.321 e. The highest BCUT2D eigenvalue weighted by Crippen LogP contribution is 2.32. The molecule has 128 valence electrons. The largest absolute Gasteiger partial charge is 0.396 e. The molecule has 2 N–H and O–H groups in total. The Morgan fingerprint density at radius 2 is 1.70 bits per heavy atom. The molecule has 4 nitrogen and oxygen atoms in total. The van der Waals surface area contributed by atoms with E-state index in [0.717, 1.165) is 31.6 Å². The van der Waals surface area contributed by atoms with Crippen molar-refractivity contribution in [2.75, 3.05) is 25.0 Å². The van der Waals surface area contributed by atoms with E-state index < -0.39 is 0 Å². The van der Waals surface area contributed by atoms with E-state index in [0.29, 0.717) is 17.8 Å². The molecule has 1 aromatic carbocycles. The van der Waals surface area contributed by atoms with Crippen LogP contribution in [0, 0.1) is 5.92 Å². The topological polar surface area (TPSA) is 52.6 Å². The van der Waals surface area contributed by atoms with Gasteiger partial charge in [0.25, 0.3) is 0 Å². The third-order valence-corrected chi connectivity index (χ3v) is 4.76. The summed E-state index contributed by atoms with van der Waals surface area (Å²) in [6.45, 7) is 10.3. The summed E-state index contributed by atoms with van der Waals surface area (Å²) < 4.78 is 0. The minimum absolute atomic E-state index is 0.0172. The summed E-state index contributed by atoms with van der Waals surface area (Å²) in [6.07, 6.45) is 1.76. The van der Waals surface area contributed by atoms with Crippen molar-refractivity contribution in [2.24, 2.45) is 5.92 Å². The number of rotatable bonds is 4. The first kappa shape index (κ1) is 17.8. The zero-order valence-corrected chi connectivity index (χ0v) is 14.8. The van der Waals surface area contributed by atoms with Crippen LogP contribution in [0.25, 0.3) is 0 Å². The fraction of sp³-hybridized carbons (Fsp3) is 0.632. The van der Waals surface area contributed by atoms with Crippen molar-refractivity contribution in [3.63, 3.8) is 0 Å². The number of amides is 2. The van der Waals surface area contributed by atoms with E-state index in [1.54, 1.807) is 0 Å². The van der Waals surface area contributed by atoms with Crippen molar-refractivity contribution >= 4 is 11.7 Å². The van der Waals surface area contributed by atoms with Gasteiger partial charge in [-0.3, -0.25) is 0 Å². The first-order valence-corrected chi connectivity index (χ1v) is 8.73. The number of hydrogen-bond acceptors (Lipinski definition) is 2. The number of para-hydroxylation sites is 1. The first-order chi connectivity index (χ1) is 10.9. The monoisotopic (exact) mass is 318 g/mol. The van der Waals surface area contributed by atoms with Gasteiger partial charge in [-0.1, -0.05) is 45.9 Å². The predicted molar refractivity (Wildman–Crippen MR) is 95.0 cm³/mol. The van der Waals surface area contributed by atoms with Gasteiger partial charge in [0.05, 0.1) is 0 Å². The van der Waals surface area contributed by atoms with Gasteiger partial charge in [0.15, 0.2) is 0 Å². The minimum Gasteiger partial charge on any atom is -0.396 e. The molecule has 0 bridgehead atoms. The predicted octanol–water partition coefficient (Wildman–Crippen LogP) is 4.17. The summed E-state index contributed by atoms with van der Waals surface area (Å²) in [5.74, 6) is 1.07. The Morgan fingerprint density at radius 1 is 1.17 bits per heavy atom. The molecule has 0 aliphatic carbocycles. The van der Waals surface area contributed by atoms with Gasteiger partial charge in [-0.05, 0) is 41.7 Å². The van der Waals surface area contributed by atoms with Crippen molar-refractivity contribution in [1.29, 1.82) is 0 Å². The average molecular weight is 318 g/mol. The number of carbonyl (C=O) groups excluding carboxylic acids is 1. The van der Waals surface area contributed by atoms with Crippen LogP contribution < -0.4 is 5.32 Å². The first-order valence-electron chi connectivity index (χ1n) is 8.73. The number of nitrogens with zero attached hydrogens (tertiary/aromatic N) is 1. The molecule has 1 saturated heterocycles. The van der Waals surface area contributed by atoms with Crippen molar-refractivity contribution < 1.29 is 9.90 Å². The van der Waals surface area contributed by atoms with Gasteiger partial charge < -0.3 is 15.3 Å². The van der Waals surface area contributed by atoms with Crippen LogP contribution in [0.2, 0.25) is 0 Å². The summed E-state index contributed by atoms with van der Waals surface area (Å²) >= 11 is 0. The van der Waals surface area contributed by atoms with E-state index in [1.165, 1.54) is 11.1 Å². The summed E-state index contributed by atoms with van der Waals surface area (Å²) in [6, 6.07) is 6.26. The van der Waals surface area contributed by atoms with Crippen LogP contribution in [0.15, 0.2) is 18.2 Å². The second-order valence-corrected chi connectivity index (χ2v) is 7.16. The minimum atomic E-state index is -0.0172. The van der Waals surface area contributed by atoms with E-state index in [9.17, 15) is 9.90 Å². The molecular formula is C19H30N2O2. The van der Waals surface area contributed by atoms with Crippen LogP contribution in [0.4, 0.5) is 10.5 Å². The molecular weight excluding hydrogens is 288 g/mol. The van der Waals surface area contributed by atoms with Crippen LogP contribution in [0.1, 0.15) is 63.5 Å². The molecule has 1 aliphatic heterocycles. The van der Waals surface area contributed by atoms with Gasteiger partial charge in [0.2, 0.25) is 0 Å². The SMILES string of the molecule is CC(C)c1cccc(C(C)C)c1NC(=O)N1CCC(CO)CC1. The van der Waals surface area contributed by atoms with Gasteiger partial charge in [-0.2, -0.15) is 0 Å². The van der Waals surface area contributed by atoms with Gasteiger partial charge in [-0.25, -0.2) is 4.79 Å². The van der Waals surface area contributed by atoms with E-state index in [4.69, 9.17) is 0 Å². The number of urea groups is 1. The Labute approximate surface area is 139 Å². The van der Waals surface area contributed by atoms with Crippen molar-refractivity contribution in [1.82, 2.24) is 4.90 Å². The Morgan fingerprint density at radius 3 is 2.13 bits per heavy atom. The standard InChI is InChI=1S/C19H30N2O2/c1-13(2)16-6-5-7-17(14(3)4)18(16)20-19(23)21-10-8-15(12-22)9-11-21/h5-7,13-15,22H,8-12H2,1-4H3,(H,20,23). The lowest BCUT2D eigenvalue weighted by atomic mass is 9.92. The van der Waals surface area contributed by atoms with Gasteiger partial charge in [0.1, 0.15) is 0 Å². The van der Waals surface area contributed by atoms with Crippen LogP contribution >= 0.6 is 0 Å². The number of aliphatic hydroxyl groups is 1. The molecule has 0 spiro atoms. The molecule has 1 heterocycles. The number of aliphatic hydroxyl groups excluding tert-OH is 1. The summed E-state index contributed by atoms with van der Waals surface area (Å²) in [5.41, 5.74) is 3.36. The molecule has 2 amide bonds. The Hall–Kier alpha value is -1.55. The fourth-order valence-corrected chi connectivity index (χ4v) is 3.20. The van der Waals surface area contributed by atoms with Gasteiger partial charge >= 0.3 is 6.03 Å². The molecule has 1 fully saturated rings. The van der Waals surface area contributed by atoms with Crippen molar-refractivity contribution in [2.45, 2.75) is 52.4 Å². The van der Waals surface area contributed by atoms with E-state index in [-0.39, 0.29) is 12.6 Å². The molecule has 0 radical (unpaired) electrons. The summed E-state index contributed by atoms with van der Waals surface area (Å²) in [5, 5.41) is 12.4. The number of hydrogen-bond donors (Lipinski definition) is 2. The van der Waals surface area contributed by atoms with Crippen LogP contribution in [-0.2, 0) is 0 Å². The van der Waals surface area contributed by atoms with Gasteiger partial charge in [-0.15, -0.1) is 0 Å². The average Bonchev–Trinajstić information content (AvgIpc) is 2.54. The fourth-order valence-electron chi connectivity index (χ4n) is 3.20. The summed E-state index contributed by atoms with van der Waals surface area (Å²) in [7, 11) is 0. The quantitative estimate of drug-likeness (QED) is 0.875. The molecule has 1 aromatic rings. The number of carbonyl (C=O) groups is 1. The summed E-state index contributed by atoms with van der Waals surface area (Å²) in [4.78, 5) is 14.5. The highest BCUT2D eigenvalue weighted by molar-refractivity contribution is 5.91. The molecule has 0 saturated carbocycles. The Kier molecular flexibility index (Phi) is 6.05. The van der Waals surface area contributed by atoms with Crippen molar-refractivity contribution in [3.8, 4) is 0 Å². The number of likely N-dealkylation sites (tertiary alicyclic amines) is 1. The highest BCUT2D eigenvalue weighted by Gasteiger charge is 2.24. The molecule has 1 aliphatic rings. The Balaban J connectivity index is 2.17. The molecule has 0 aromatic heterocycles. The lowest BCUT2D eigenvalue weighted by Gasteiger charge is -2.32. The Bertz CT molecular complexity index is 506. The van der Waals surface area contributed by atoms with Crippen LogP contribution in [0.5, 0.6) is 0 Å². The molecule has 0 atom stereocenters. The van der Waals surface area contributed by atoms with E-state index in [1.807, 2.05) is 4.90 Å². The van der Waals surface area contributed by atoms with Crippen LogP contribution in [0.3, 0.4) is 0 Å². The third-order valence-electron chi connectivity index (χ3n) is 4.76.